The number of aromatic nitrogens is 4. The van der Waals surface area contributed by atoms with Crippen LogP contribution in [0, 0.1) is 0 Å². The summed E-state index contributed by atoms with van der Waals surface area (Å²) in [6, 6.07) is 7.41. The lowest BCUT2D eigenvalue weighted by atomic mass is 9.84. The van der Waals surface area contributed by atoms with Crippen molar-refractivity contribution in [1.82, 2.24) is 18.3 Å². The SMILES string of the molecule is COC(=O)c1cn(-c2ccc3c(c2)n(C)c(=O)n3C)c(=O)n([C@@H]2CCCc3c2cccc3C(F)(F)F)c1=O. The number of fused-ring (bicyclic) bond motifs is 2. The van der Waals surface area contributed by atoms with Gasteiger partial charge in [0.15, 0.2) is 0 Å². The molecular formula is C26H23F3N4O5. The van der Waals surface area contributed by atoms with E-state index < -0.39 is 40.6 Å². The van der Waals surface area contributed by atoms with Crippen LogP contribution in [0.3, 0.4) is 0 Å². The van der Waals surface area contributed by atoms with E-state index in [2.05, 4.69) is 0 Å². The van der Waals surface area contributed by atoms with Crippen molar-refractivity contribution in [2.24, 2.45) is 14.1 Å². The molecule has 0 radical (unpaired) electrons. The van der Waals surface area contributed by atoms with E-state index in [1.54, 1.807) is 32.3 Å². The maximum Gasteiger partial charge on any atom is 0.416 e. The molecule has 38 heavy (non-hydrogen) atoms. The summed E-state index contributed by atoms with van der Waals surface area (Å²) in [7, 11) is 4.25. The zero-order valence-corrected chi connectivity index (χ0v) is 20.7. The number of methoxy groups -OCH3 is 1. The summed E-state index contributed by atoms with van der Waals surface area (Å²) in [5.41, 5.74) is -1.76. The Morgan fingerprint density at radius 1 is 1.00 bits per heavy atom. The Balaban J connectivity index is 1.80. The fourth-order valence-electron chi connectivity index (χ4n) is 5.28. The highest BCUT2D eigenvalue weighted by atomic mass is 19.4. The van der Waals surface area contributed by atoms with Crippen molar-refractivity contribution in [3.8, 4) is 5.69 Å². The summed E-state index contributed by atoms with van der Waals surface area (Å²) in [6.45, 7) is 0. The molecule has 0 saturated heterocycles. The molecule has 1 atom stereocenters. The van der Waals surface area contributed by atoms with Crippen LogP contribution < -0.4 is 16.9 Å². The van der Waals surface area contributed by atoms with Crippen LogP contribution in [0.1, 0.15) is 45.9 Å². The number of benzene rings is 2. The minimum absolute atomic E-state index is 0.0262. The van der Waals surface area contributed by atoms with Crippen LogP contribution in [-0.2, 0) is 31.4 Å². The Kier molecular flexibility index (Phi) is 5.92. The summed E-state index contributed by atoms with van der Waals surface area (Å²) < 4.78 is 50.7. The monoisotopic (exact) mass is 528 g/mol. The highest BCUT2D eigenvalue weighted by Crippen LogP contribution is 2.40. The smallest absolute Gasteiger partial charge is 0.416 e. The highest BCUT2D eigenvalue weighted by Gasteiger charge is 2.37. The van der Waals surface area contributed by atoms with Crippen molar-refractivity contribution in [3.63, 3.8) is 0 Å². The van der Waals surface area contributed by atoms with Gasteiger partial charge < -0.3 is 4.74 Å². The Hall–Kier alpha value is -4.35. The number of ether oxygens (including phenoxy) is 1. The number of esters is 1. The molecule has 4 aromatic rings. The molecule has 0 saturated carbocycles. The maximum atomic E-state index is 13.8. The Morgan fingerprint density at radius 3 is 2.39 bits per heavy atom. The Bertz CT molecular complexity index is 1790. The fourth-order valence-corrected chi connectivity index (χ4v) is 5.28. The third-order valence-electron chi connectivity index (χ3n) is 7.15. The lowest BCUT2D eigenvalue weighted by molar-refractivity contribution is -0.138. The van der Waals surface area contributed by atoms with E-state index in [1.165, 1.54) is 21.3 Å². The van der Waals surface area contributed by atoms with E-state index in [0.29, 0.717) is 17.5 Å². The predicted octanol–water partition coefficient (Wildman–Crippen LogP) is 2.92. The van der Waals surface area contributed by atoms with Crippen molar-refractivity contribution in [2.75, 3.05) is 7.11 Å². The van der Waals surface area contributed by atoms with Crippen LogP contribution in [0.5, 0.6) is 0 Å². The molecule has 0 bridgehead atoms. The number of imidazole rings is 1. The molecule has 0 unspecified atom stereocenters. The van der Waals surface area contributed by atoms with Gasteiger partial charge in [-0.1, -0.05) is 12.1 Å². The van der Waals surface area contributed by atoms with Crippen LogP contribution in [0.4, 0.5) is 13.2 Å². The normalized spacial score (nSPS) is 15.5. The van der Waals surface area contributed by atoms with Gasteiger partial charge in [0.05, 0.1) is 35.4 Å². The van der Waals surface area contributed by atoms with Gasteiger partial charge in [0, 0.05) is 20.3 Å². The first kappa shape index (κ1) is 25.3. The average molecular weight is 528 g/mol. The van der Waals surface area contributed by atoms with Crippen LogP contribution in [0.15, 0.2) is 57.0 Å². The fraction of sp³-hybridized carbons (Fsp3) is 0.308. The van der Waals surface area contributed by atoms with Gasteiger partial charge in [0.1, 0.15) is 5.56 Å². The molecule has 0 N–H and O–H groups in total. The molecule has 12 heteroatoms. The summed E-state index contributed by atoms with van der Waals surface area (Å²) in [5, 5.41) is 0. The lowest BCUT2D eigenvalue weighted by Crippen LogP contribution is -2.45. The molecular weight excluding hydrogens is 505 g/mol. The molecule has 0 fully saturated rings. The third kappa shape index (κ3) is 3.78. The minimum atomic E-state index is -4.60. The second kappa shape index (κ2) is 8.89. The molecule has 5 rings (SSSR count). The van der Waals surface area contributed by atoms with Crippen molar-refractivity contribution in [2.45, 2.75) is 31.5 Å². The summed E-state index contributed by atoms with van der Waals surface area (Å²) in [4.78, 5) is 52.2. The van der Waals surface area contributed by atoms with Crippen molar-refractivity contribution < 1.29 is 22.7 Å². The number of rotatable bonds is 3. The molecule has 198 valence electrons. The molecule has 1 aliphatic rings. The molecule has 1 aliphatic carbocycles. The molecule has 0 amide bonds. The van der Waals surface area contributed by atoms with Gasteiger partial charge in [0.2, 0.25) is 0 Å². The summed E-state index contributed by atoms with van der Waals surface area (Å²) >= 11 is 0. The first-order valence-electron chi connectivity index (χ1n) is 11.8. The van der Waals surface area contributed by atoms with Gasteiger partial charge in [-0.2, -0.15) is 13.2 Å². The molecule has 2 aromatic carbocycles. The molecule has 2 aromatic heterocycles. The van der Waals surface area contributed by atoms with Crippen molar-refractivity contribution in [3.05, 3.63) is 96.2 Å². The van der Waals surface area contributed by atoms with Gasteiger partial charge in [-0.3, -0.25) is 23.1 Å². The molecule has 9 nitrogen and oxygen atoms in total. The number of carbonyl (C=O) groups excluding carboxylic acids is 1. The zero-order valence-electron chi connectivity index (χ0n) is 20.7. The quantitative estimate of drug-likeness (QED) is 0.381. The number of nitrogens with zero attached hydrogens (tertiary/aromatic N) is 4. The standard InChI is InChI=1S/C26H23F3N4O5/c1-30-20-11-10-14(12-21(20)31(2)24(30)36)32-13-17(23(35)38-3)22(34)33(25(32)37)19-9-5-6-15-16(19)7-4-8-18(15)26(27,28)29/h4,7-8,10-13,19H,5-6,9H2,1-3H3/t19-/m1/s1. The lowest BCUT2D eigenvalue weighted by Gasteiger charge is -2.29. The first-order valence-corrected chi connectivity index (χ1v) is 11.8. The summed E-state index contributed by atoms with van der Waals surface area (Å²) in [5.74, 6) is -0.995. The van der Waals surface area contributed by atoms with Crippen molar-refractivity contribution in [1.29, 1.82) is 0 Å². The summed E-state index contributed by atoms with van der Waals surface area (Å²) in [6.07, 6.45) is -2.88. The zero-order chi connectivity index (χ0) is 27.5. The predicted molar refractivity (Wildman–Crippen MR) is 132 cm³/mol. The van der Waals surface area contributed by atoms with Crippen LogP contribution in [0.25, 0.3) is 16.7 Å². The number of carbonyl (C=O) groups is 1. The van der Waals surface area contributed by atoms with Gasteiger partial charge in [0.25, 0.3) is 5.56 Å². The molecule has 0 aliphatic heterocycles. The average Bonchev–Trinajstić information content (AvgIpc) is 3.11. The second-order valence-electron chi connectivity index (χ2n) is 9.21. The number of alkyl halides is 3. The Labute approximate surface area is 212 Å². The number of hydrogen-bond donors (Lipinski definition) is 0. The number of halogens is 3. The minimum Gasteiger partial charge on any atom is -0.465 e. The first-order chi connectivity index (χ1) is 18.0. The van der Waals surface area contributed by atoms with Gasteiger partial charge in [-0.05, 0) is 54.7 Å². The molecule has 2 heterocycles. The van der Waals surface area contributed by atoms with E-state index in [1.807, 2.05) is 0 Å². The maximum absolute atomic E-state index is 13.8. The van der Waals surface area contributed by atoms with Crippen molar-refractivity contribution >= 4 is 17.0 Å². The largest absolute Gasteiger partial charge is 0.465 e. The molecule has 0 spiro atoms. The number of hydrogen-bond acceptors (Lipinski definition) is 5. The van der Waals surface area contributed by atoms with E-state index in [9.17, 15) is 32.3 Å². The van der Waals surface area contributed by atoms with Crippen LogP contribution >= 0.6 is 0 Å². The van der Waals surface area contributed by atoms with E-state index >= 15 is 0 Å². The Morgan fingerprint density at radius 2 is 1.71 bits per heavy atom. The highest BCUT2D eigenvalue weighted by molar-refractivity contribution is 5.88. The third-order valence-corrected chi connectivity index (χ3v) is 7.15. The van der Waals surface area contributed by atoms with E-state index in [0.717, 1.165) is 28.5 Å². The van der Waals surface area contributed by atoms with E-state index in [4.69, 9.17) is 4.74 Å². The topological polar surface area (TPSA) is 97.2 Å². The van der Waals surface area contributed by atoms with Gasteiger partial charge >= 0.3 is 23.5 Å². The van der Waals surface area contributed by atoms with Crippen LogP contribution in [0.2, 0.25) is 0 Å². The second-order valence-corrected chi connectivity index (χ2v) is 9.21. The van der Waals surface area contributed by atoms with E-state index in [-0.39, 0.29) is 35.3 Å². The van der Waals surface area contributed by atoms with Crippen LogP contribution in [-0.4, -0.2) is 31.3 Å². The number of aryl methyl sites for hydroxylation is 2. The van der Waals surface area contributed by atoms with Gasteiger partial charge in [-0.25, -0.2) is 14.4 Å². The van der Waals surface area contributed by atoms with Gasteiger partial charge in [-0.15, -0.1) is 0 Å².